The summed E-state index contributed by atoms with van der Waals surface area (Å²) in [5, 5.41) is 4.97. The number of para-hydroxylation sites is 1. The lowest BCUT2D eigenvalue weighted by molar-refractivity contribution is -0.118. The molecular weight excluding hydrogens is 528 g/mol. The van der Waals surface area contributed by atoms with Crippen LogP contribution in [0.4, 0.5) is 0 Å². The van der Waals surface area contributed by atoms with E-state index in [1.54, 1.807) is 24.4 Å². The summed E-state index contributed by atoms with van der Waals surface area (Å²) in [7, 11) is 0. The average molecular weight is 551 g/mol. The molecule has 1 aromatic heterocycles. The summed E-state index contributed by atoms with van der Waals surface area (Å²) in [6, 6.07) is 22.0. The maximum Gasteiger partial charge on any atom is 0.266 e. The summed E-state index contributed by atoms with van der Waals surface area (Å²) in [5.74, 6) is 0.533. The lowest BCUT2D eigenvalue weighted by Gasteiger charge is -2.13. The molecule has 0 saturated carbocycles. The third-order valence-electron chi connectivity index (χ3n) is 4.92. The minimum atomic E-state index is -0.307. The van der Waals surface area contributed by atoms with E-state index >= 15 is 0 Å². The number of hydrogen-bond donors (Lipinski definition) is 1. The number of fused-ring (bicyclic) bond motifs is 1. The van der Waals surface area contributed by atoms with Gasteiger partial charge in [-0.3, -0.25) is 14.2 Å². The smallest absolute Gasteiger partial charge is 0.266 e. The predicted octanol–water partition coefficient (Wildman–Crippen LogP) is 5.18. The van der Waals surface area contributed by atoms with Crippen LogP contribution in [0.5, 0.6) is 5.75 Å². The normalized spacial score (nSPS) is 11.1. The van der Waals surface area contributed by atoms with Crippen LogP contribution in [-0.2, 0) is 4.79 Å². The molecule has 1 N–H and O–H groups in total. The molecule has 4 aromatic rings. The van der Waals surface area contributed by atoms with E-state index in [-0.39, 0.29) is 17.2 Å². The van der Waals surface area contributed by atoms with Crippen molar-refractivity contribution in [3.63, 3.8) is 0 Å². The molecule has 0 saturated heterocycles. The number of amides is 1. The van der Waals surface area contributed by atoms with Gasteiger partial charge in [-0.1, -0.05) is 46.7 Å². The van der Waals surface area contributed by atoms with Crippen molar-refractivity contribution < 1.29 is 9.53 Å². The second kappa shape index (κ2) is 11.8. The molecule has 178 valence electrons. The fraction of sp³-hybridized carbons (Fsp3) is 0.154. The Morgan fingerprint density at radius 1 is 1.11 bits per heavy atom. The number of nitrogens with one attached hydrogen (secondary N) is 1. The Bertz CT molecular complexity index is 1400. The molecule has 0 radical (unpaired) electrons. The number of hydrazone groups is 1. The quantitative estimate of drug-likeness (QED) is 0.134. The molecule has 0 unspecified atom stereocenters. The summed E-state index contributed by atoms with van der Waals surface area (Å²) >= 11 is 4.59. The molecule has 0 fully saturated rings. The van der Waals surface area contributed by atoms with Crippen molar-refractivity contribution in [2.24, 2.45) is 5.10 Å². The van der Waals surface area contributed by atoms with Crippen molar-refractivity contribution >= 4 is 50.7 Å². The summed E-state index contributed by atoms with van der Waals surface area (Å²) in [6.45, 7) is 2.72. The van der Waals surface area contributed by atoms with Crippen LogP contribution in [-0.4, -0.2) is 34.0 Å². The fourth-order valence-electron chi connectivity index (χ4n) is 3.24. The second-order valence-corrected chi connectivity index (χ2v) is 9.39. The largest absolute Gasteiger partial charge is 0.494 e. The number of ether oxygens (including phenoxy) is 1. The Kier molecular flexibility index (Phi) is 8.33. The van der Waals surface area contributed by atoms with E-state index < -0.39 is 0 Å². The van der Waals surface area contributed by atoms with Crippen LogP contribution < -0.4 is 15.7 Å². The van der Waals surface area contributed by atoms with Gasteiger partial charge in [0.2, 0.25) is 0 Å². The predicted molar refractivity (Wildman–Crippen MR) is 144 cm³/mol. The van der Waals surface area contributed by atoms with Crippen molar-refractivity contribution in [1.82, 2.24) is 15.0 Å². The van der Waals surface area contributed by atoms with Crippen LogP contribution in [0, 0.1) is 0 Å². The molecular formula is C26H23BrN4O3S. The number of aromatic nitrogens is 2. The first-order valence-corrected chi connectivity index (χ1v) is 12.8. The summed E-state index contributed by atoms with van der Waals surface area (Å²) in [5.41, 5.74) is 4.42. The number of thioether (sulfide) groups is 1. The zero-order valence-corrected chi connectivity index (χ0v) is 21.4. The highest BCUT2D eigenvalue weighted by Crippen LogP contribution is 2.22. The van der Waals surface area contributed by atoms with Crippen LogP contribution in [0.25, 0.3) is 16.6 Å². The molecule has 4 rings (SSSR count). The van der Waals surface area contributed by atoms with Gasteiger partial charge in [-0.15, -0.1) is 0 Å². The van der Waals surface area contributed by atoms with Gasteiger partial charge >= 0.3 is 0 Å². The van der Waals surface area contributed by atoms with Gasteiger partial charge in [0.25, 0.3) is 11.5 Å². The monoisotopic (exact) mass is 550 g/mol. The summed E-state index contributed by atoms with van der Waals surface area (Å²) in [6.07, 6.45) is 2.51. The Morgan fingerprint density at radius 3 is 2.60 bits per heavy atom. The molecule has 0 atom stereocenters. The molecule has 1 heterocycles. The first-order chi connectivity index (χ1) is 17.0. The highest BCUT2D eigenvalue weighted by atomic mass is 79.9. The fourth-order valence-corrected chi connectivity index (χ4v) is 4.31. The molecule has 0 bridgehead atoms. The van der Waals surface area contributed by atoms with E-state index in [4.69, 9.17) is 4.74 Å². The molecule has 0 aliphatic carbocycles. The summed E-state index contributed by atoms with van der Waals surface area (Å²) < 4.78 is 7.99. The first kappa shape index (κ1) is 24.7. The first-order valence-electron chi connectivity index (χ1n) is 11.0. The van der Waals surface area contributed by atoms with Gasteiger partial charge in [-0.25, -0.2) is 10.4 Å². The molecule has 0 aliphatic rings. The highest BCUT2D eigenvalue weighted by Gasteiger charge is 2.14. The zero-order chi connectivity index (χ0) is 24.6. The minimum Gasteiger partial charge on any atom is -0.494 e. The van der Waals surface area contributed by atoms with Crippen LogP contribution in [0.1, 0.15) is 18.9 Å². The van der Waals surface area contributed by atoms with E-state index in [2.05, 4.69) is 38.4 Å². The number of halogens is 1. The number of benzene rings is 3. The van der Waals surface area contributed by atoms with Gasteiger partial charge in [-0.05, 0) is 72.6 Å². The van der Waals surface area contributed by atoms with Gasteiger partial charge in [-0.2, -0.15) is 5.10 Å². The SMILES string of the molecule is CCCOc1ccc(C=NNC(=O)CSc2nc3ccccc3c(=O)n2-c2ccc(Br)cc2)cc1. The number of rotatable bonds is 9. The van der Waals surface area contributed by atoms with Crippen LogP contribution in [0.3, 0.4) is 0 Å². The number of hydrogen-bond acceptors (Lipinski definition) is 6. The van der Waals surface area contributed by atoms with Crippen molar-refractivity contribution in [3.8, 4) is 11.4 Å². The average Bonchev–Trinajstić information content (AvgIpc) is 2.88. The molecule has 35 heavy (non-hydrogen) atoms. The molecule has 1 amide bonds. The van der Waals surface area contributed by atoms with Crippen LogP contribution in [0.2, 0.25) is 0 Å². The van der Waals surface area contributed by atoms with Crippen molar-refractivity contribution in [2.75, 3.05) is 12.4 Å². The van der Waals surface area contributed by atoms with E-state index in [0.717, 1.165) is 22.2 Å². The van der Waals surface area contributed by atoms with Gasteiger partial charge < -0.3 is 4.74 Å². The minimum absolute atomic E-state index is 0.0441. The van der Waals surface area contributed by atoms with E-state index in [1.807, 2.05) is 54.6 Å². The molecule has 3 aromatic carbocycles. The maximum atomic E-state index is 13.3. The van der Waals surface area contributed by atoms with Gasteiger partial charge in [0.1, 0.15) is 5.75 Å². The zero-order valence-electron chi connectivity index (χ0n) is 19.0. The number of carbonyl (C=O) groups is 1. The number of nitrogens with zero attached hydrogens (tertiary/aromatic N) is 3. The second-order valence-electron chi connectivity index (χ2n) is 7.53. The topological polar surface area (TPSA) is 85.6 Å². The lowest BCUT2D eigenvalue weighted by atomic mass is 10.2. The third kappa shape index (κ3) is 6.37. The Morgan fingerprint density at radius 2 is 1.86 bits per heavy atom. The molecule has 7 nitrogen and oxygen atoms in total. The van der Waals surface area contributed by atoms with Crippen molar-refractivity contribution in [1.29, 1.82) is 0 Å². The van der Waals surface area contributed by atoms with E-state index in [9.17, 15) is 9.59 Å². The Labute approximate surface area is 215 Å². The highest BCUT2D eigenvalue weighted by molar-refractivity contribution is 9.10. The summed E-state index contributed by atoms with van der Waals surface area (Å²) in [4.78, 5) is 30.3. The van der Waals surface area contributed by atoms with E-state index in [1.165, 1.54) is 16.3 Å². The van der Waals surface area contributed by atoms with Gasteiger partial charge in [0, 0.05) is 4.47 Å². The maximum absolute atomic E-state index is 13.3. The van der Waals surface area contributed by atoms with Gasteiger partial charge in [0.15, 0.2) is 5.16 Å². The third-order valence-corrected chi connectivity index (χ3v) is 6.39. The Balaban J connectivity index is 1.47. The Hall–Kier alpha value is -3.43. The number of carbonyl (C=O) groups excluding carboxylic acids is 1. The van der Waals surface area contributed by atoms with Crippen molar-refractivity contribution in [2.45, 2.75) is 18.5 Å². The van der Waals surface area contributed by atoms with Crippen LogP contribution in [0.15, 0.2) is 92.3 Å². The standard InChI is InChI=1S/C26H23BrN4O3S/c1-2-15-34-21-13-7-18(8-14-21)16-28-30-24(32)17-35-26-29-23-6-4-3-5-22(23)25(33)31(26)20-11-9-19(27)10-12-20/h3-14,16H,2,15,17H2,1H3,(H,30,32). The molecule has 9 heteroatoms. The molecule has 0 spiro atoms. The van der Waals surface area contributed by atoms with Crippen molar-refractivity contribution in [3.05, 3.63) is 93.2 Å². The molecule has 0 aliphatic heterocycles. The lowest BCUT2D eigenvalue weighted by Crippen LogP contribution is -2.24. The van der Waals surface area contributed by atoms with Crippen LogP contribution >= 0.6 is 27.7 Å². The van der Waals surface area contributed by atoms with E-state index in [0.29, 0.717) is 28.4 Å². The van der Waals surface area contributed by atoms with Gasteiger partial charge in [0.05, 0.1) is 35.2 Å².